The zero-order chi connectivity index (χ0) is 10.7. The van der Waals surface area contributed by atoms with Gasteiger partial charge in [-0.25, -0.2) is 0 Å². The molecule has 0 N–H and O–H groups in total. The molecular weight excluding hydrogens is 216 g/mol. The van der Waals surface area contributed by atoms with Crippen LogP contribution in [0.5, 0.6) is 0 Å². The zero-order valence-electron chi connectivity index (χ0n) is 8.40. The average molecular weight is 229 g/mol. The van der Waals surface area contributed by atoms with Crippen molar-refractivity contribution in [3.63, 3.8) is 0 Å². The highest BCUT2D eigenvalue weighted by Gasteiger charge is 2.18. The number of likely N-dealkylation sites (tertiary alicyclic amines) is 1. The molecule has 0 atom stereocenters. The van der Waals surface area contributed by atoms with Crippen LogP contribution in [0.15, 0.2) is 6.33 Å². The van der Waals surface area contributed by atoms with Gasteiger partial charge in [-0.3, -0.25) is 4.79 Å². The minimum atomic E-state index is 0.124. The molecule has 0 radical (unpaired) electrons. The van der Waals surface area contributed by atoms with Crippen molar-refractivity contribution < 1.29 is 4.79 Å². The van der Waals surface area contributed by atoms with E-state index in [1.165, 1.54) is 0 Å². The van der Waals surface area contributed by atoms with Gasteiger partial charge in [0.25, 0.3) is 0 Å². The largest absolute Gasteiger partial charge is 0.341 e. The van der Waals surface area contributed by atoms with Gasteiger partial charge in [0.15, 0.2) is 0 Å². The van der Waals surface area contributed by atoms with Gasteiger partial charge < -0.3 is 9.47 Å². The first-order valence-corrected chi connectivity index (χ1v) is 5.55. The number of alkyl halides is 1. The number of carbonyl (C=O) groups is 1. The summed E-state index contributed by atoms with van der Waals surface area (Å²) in [7, 11) is 0. The van der Waals surface area contributed by atoms with Crippen LogP contribution in [0.1, 0.15) is 18.7 Å². The van der Waals surface area contributed by atoms with Crippen LogP contribution in [-0.2, 0) is 17.2 Å². The maximum absolute atomic E-state index is 11.8. The smallest absolute Gasteiger partial charge is 0.242 e. The van der Waals surface area contributed by atoms with Crippen LogP contribution in [0, 0.1) is 0 Å². The molecule has 0 spiro atoms. The van der Waals surface area contributed by atoms with Crippen molar-refractivity contribution in [2.75, 3.05) is 13.1 Å². The maximum Gasteiger partial charge on any atom is 0.242 e. The van der Waals surface area contributed by atoms with Crippen molar-refractivity contribution in [2.45, 2.75) is 25.3 Å². The fraction of sp³-hybridized carbons (Fsp3) is 0.667. The molecule has 15 heavy (non-hydrogen) atoms. The van der Waals surface area contributed by atoms with E-state index in [4.69, 9.17) is 11.6 Å². The molecule has 6 heteroatoms. The van der Waals surface area contributed by atoms with E-state index in [1.807, 2.05) is 4.90 Å². The molecular formula is C9H13ClN4O. The SMILES string of the molecule is O=C(Cn1cnnc1CCl)N1CCCC1. The zero-order valence-corrected chi connectivity index (χ0v) is 9.15. The first-order chi connectivity index (χ1) is 7.31. The van der Waals surface area contributed by atoms with Gasteiger partial charge >= 0.3 is 0 Å². The number of hydrogen-bond donors (Lipinski definition) is 0. The number of aromatic nitrogens is 3. The number of nitrogens with zero attached hydrogens (tertiary/aromatic N) is 4. The molecule has 1 aromatic rings. The number of rotatable bonds is 3. The van der Waals surface area contributed by atoms with E-state index in [0.717, 1.165) is 25.9 Å². The summed E-state index contributed by atoms with van der Waals surface area (Å²) in [6.45, 7) is 2.05. The molecule has 1 aliphatic rings. The van der Waals surface area contributed by atoms with Gasteiger partial charge in [0.05, 0.1) is 5.88 Å². The molecule has 0 bridgehead atoms. The Morgan fingerprint density at radius 2 is 2.20 bits per heavy atom. The van der Waals surface area contributed by atoms with E-state index in [2.05, 4.69) is 10.2 Å². The Morgan fingerprint density at radius 1 is 1.47 bits per heavy atom. The van der Waals surface area contributed by atoms with E-state index < -0.39 is 0 Å². The summed E-state index contributed by atoms with van der Waals surface area (Å²) in [4.78, 5) is 13.7. The van der Waals surface area contributed by atoms with E-state index in [0.29, 0.717) is 12.4 Å². The van der Waals surface area contributed by atoms with Crippen molar-refractivity contribution in [1.82, 2.24) is 19.7 Å². The minimum Gasteiger partial charge on any atom is -0.341 e. The van der Waals surface area contributed by atoms with Crippen LogP contribution in [0.25, 0.3) is 0 Å². The molecule has 0 aliphatic carbocycles. The van der Waals surface area contributed by atoms with Crippen molar-refractivity contribution in [2.24, 2.45) is 0 Å². The molecule has 0 saturated carbocycles. The second kappa shape index (κ2) is 4.61. The molecule has 82 valence electrons. The second-order valence-electron chi connectivity index (χ2n) is 3.60. The van der Waals surface area contributed by atoms with Gasteiger partial charge in [-0.15, -0.1) is 21.8 Å². The highest BCUT2D eigenvalue weighted by atomic mass is 35.5. The monoisotopic (exact) mass is 228 g/mol. The van der Waals surface area contributed by atoms with E-state index in [1.54, 1.807) is 10.9 Å². The lowest BCUT2D eigenvalue weighted by Crippen LogP contribution is -2.31. The molecule has 1 aromatic heterocycles. The number of amides is 1. The quantitative estimate of drug-likeness (QED) is 0.714. The molecule has 2 rings (SSSR count). The number of carbonyl (C=O) groups excluding carboxylic acids is 1. The summed E-state index contributed by atoms with van der Waals surface area (Å²) in [6.07, 6.45) is 3.76. The Labute approximate surface area is 93.0 Å². The Bertz CT molecular complexity index is 346. The van der Waals surface area contributed by atoms with E-state index in [-0.39, 0.29) is 11.8 Å². The van der Waals surface area contributed by atoms with Crippen LogP contribution in [0.2, 0.25) is 0 Å². The second-order valence-corrected chi connectivity index (χ2v) is 3.86. The fourth-order valence-electron chi connectivity index (χ4n) is 1.73. The van der Waals surface area contributed by atoms with Gasteiger partial charge in [-0.1, -0.05) is 0 Å². The van der Waals surface area contributed by atoms with Gasteiger partial charge in [0.2, 0.25) is 5.91 Å². The van der Waals surface area contributed by atoms with Crippen molar-refractivity contribution in [1.29, 1.82) is 0 Å². The standard InChI is InChI=1S/C9H13ClN4O/c10-5-8-12-11-7-14(8)6-9(15)13-3-1-2-4-13/h7H,1-6H2. The van der Waals surface area contributed by atoms with Gasteiger partial charge in [0.1, 0.15) is 18.7 Å². The summed E-state index contributed by atoms with van der Waals surface area (Å²) in [6, 6.07) is 0. The predicted octanol–water partition coefficient (Wildman–Crippen LogP) is 0.639. The molecule has 1 saturated heterocycles. The van der Waals surface area contributed by atoms with Crippen molar-refractivity contribution >= 4 is 17.5 Å². The molecule has 1 amide bonds. The Hall–Kier alpha value is -1.10. The third-order valence-corrected chi connectivity index (χ3v) is 2.82. The van der Waals surface area contributed by atoms with Crippen molar-refractivity contribution in [3.05, 3.63) is 12.2 Å². The molecule has 1 aliphatic heterocycles. The first-order valence-electron chi connectivity index (χ1n) is 5.01. The lowest BCUT2D eigenvalue weighted by Gasteiger charge is -2.15. The Kier molecular flexibility index (Phi) is 3.20. The topological polar surface area (TPSA) is 51.0 Å². The Balaban J connectivity index is 1.98. The summed E-state index contributed by atoms with van der Waals surface area (Å²) in [5.41, 5.74) is 0. The van der Waals surface area contributed by atoms with Crippen molar-refractivity contribution in [3.8, 4) is 0 Å². The van der Waals surface area contributed by atoms with Crippen LogP contribution in [-0.4, -0.2) is 38.7 Å². The van der Waals surface area contributed by atoms with Crippen LogP contribution < -0.4 is 0 Å². The van der Waals surface area contributed by atoms with E-state index >= 15 is 0 Å². The predicted molar refractivity (Wildman–Crippen MR) is 55.4 cm³/mol. The highest BCUT2D eigenvalue weighted by molar-refractivity contribution is 6.16. The summed E-state index contributed by atoms with van der Waals surface area (Å²) in [5.74, 6) is 1.05. The van der Waals surface area contributed by atoms with Crippen LogP contribution >= 0.6 is 11.6 Å². The third kappa shape index (κ3) is 2.28. The Morgan fingerprint density at radius 3 is 2.87 bits per heavy atom. The normalized spacial score (nSPS) is 15.9. The molecule has 5 nitrogen and oxygen atoms in total. The van der Waals surface area contributed by atoms with Crippen LogP contribution in [0.4, 0.5) is 0 Å². The lowest BCUT2D eigenvalue weighted by molar-refractivity contribution is -0.130. The molecule has 0 aromatic carbocycles. The molecule has 1 fully saturated rings. The fourth-order valence-corrected chi connectivity index (χ4v) is 1.93. The lowest BCUT2D eigenvalue weighted by atomic mass is 10.4. The maximum atomic E-state index is 11.8. The first kappa shape index (κ1) is 10.4. The average Bonchev–Trinajstić information content (AvgIpc) is 2.87. The summed E-state index contributed by atoms with van der Waals surface area (Å²) < 4.78 is 1.70. The number of hydrogen-bond acceptors (Lipinski definition) is 3. The van der Waals surface area contributed by atoms with Gasteiger partial charge in [-0.2, -0.15) is 0 Å². The highest BCUT2D eigenvalue weighted by Crippen LogP contribution is 2.09. The van der Waals surface area contributed by atoms with Crippen LogP contribution in [0.3, 0.4) is 0 Å². The van der Waals surface area contributed by atoms with Gasteiger partial charge in [-0.05, 0) is 12.8 Å². The van der Waals surface area contributed by atoms with Gasteiger partial charge in [0, 0.05) is 13.1 Å². The summed E-state index contributed by atoms with van der Waals surface area (Å²) in [5, 5.41) is 7.56. The molecule has 2 heterocycles. The van der Waals surface area contributed by atoms with E-state index in [9.17, 15) is 4.79 Å². The third-order valence-electron chi connectivity index (χ3n) is 2.58. The minimum absolute atomic E-state index is 0.124. The number of halogens is 1. The molecule has 0 unspecified atom stereocenters. The summed E-state index contributed by atoms with van der Waals surface area (Å²) >= 11 is 5.67.